The van der Waals surface area contributed by atoms with Crippen LogP contribution in [0.25, 0.3) is 92.4 Å². The highest BCUT2D eigenvalue weighted by Gasteiger charge is 2.21. The molecule has 0 saturated heterocycles. The SMILES string of the molecule is CN(C)c1ccc(-c2nc(-c3ccccc3/C=C/c3ccc(/C=C/c4ccc(-c5nc(-c6cccc(N(C)C)c6)c(-c6ccccc6)o5)cc4)cc3)oc2-c2ccccc2)cc1. The molecule has 0 N–H and O–H groups in total. The molecule has 0 fully saturated rings. The van der Waals surface area contributed by atoms with Gasteiger partial charge < -0.3 is 18.6 Å². The Bertz CT molecular complexity index is 2980. The van der Waals surface area contributed by atoms with Gasteiger partial charge in [0.05, 0.1) is 0 Å². The Kier molecular flexibility index (Phi) is 11.3. The third-order valence-electron chi connectivity index (χ3n) is 10.8. The van der Waals surface area contributed by atoms with Gasteiger partial charge in [0.1, 0.15) is 11.4 Å². The lowest BCUT2D eigenvalue weighted by atomic mass is 10.0. The maximum absolute atomic E-state index is 6.60. The predicted molar refractivity (Wildman–Crippen MR) is 259 cm³/mol. The minimum Gasteiger partial charge on any atom is -0.435 e. The summed E-state index contributed by atoms with van der Waals surface area (Å²) < 4.78 is 13.1. The standard InChI is InChI=1S/C56H46N4O2/c1-59(2)48-36-34-43(35-37-48)51-53(44-15-7-5-8-16-44)62-56(58-51)50-21-12-11-14-42(50)31-28-40-25-22-39(23-26-40)24-27-41-29-32-46(33-30-41)55-57-52(47-19-13-20-49(38-47)60(3)4)54(61-55)45-17-9-6-10-18-45/h5-38H,1-4H3/b27-24+,31-28+. The molecule has 0 spiro atoms. The topological polar surface area (TPSA) is 58.5 Å². The van der Waals surface area contributed by atoms with Gasteiger partial charge in [-0.1, -0.05) is 164 Å². The molecule has 7 aromatic carbocycles. The van der Waals surface area contributed by atoms with Gasteiger partial charge in [-0.25, -0.2) is 9.97 Å². The van der Waals surface area contributed by atoms with E-state index in [1.54, 1.807) is 0 Å². The lowest BCUT2D eigenvalue weighted by Gasteiger charge is -2.13. The molecular formula is C56H46N4O2. The van der Waals surface area contributed by atoms with Crippen LogP contribution in [-0.2, 0) is 0 Å². The average molecular weight is 807 g/mol. The van der Waals surface area contributed by atoms with E-state index in [-0.39, 0.29) is 0 Å². The number of rotatable bonds is 12. The monoisotopic (exact) mass is 806 g/mol. The molecule has 0 radical (unpaired) electrons. The third-order valence-corrected chi connectivity index (χ3v) is 10.8. The summed E-state index contributed by atoms with van der Waals surface area (Å²) in [7, 11) is 8.17. The van der Waals surface area contributed by atoms with Crippen LogP contribution in [0.4, 0.5) is 11.4 Å². The molecule has 0 bridgehead atoms. The maximum Gasteiger partial charge on any atom is 0.227 e. The van der Waals surface area contributed by atoms with Crippen molar-refractivity contribution in [2.75, 3.05) is 38.0 Å². The lowest BCUT2D eigenvalue weighted by Crippen LogP contribution is -2.08. The van der Waals surface area contributed by atoms with Gasteiger partial charge in [-0.3, -0.25) is 0 Å². The number of anilines is 2. The first-order valence-corrected chi connectivity index (χ1v) is 20.7. The molecule has 9 aromatic rings. The molecule has 0 atom stereocenters. The van der Waals surface area contributed by atoms with Gasteiger partial charge in [0.25, 0.3) is 0 Å². The molecule has 6 nitrogen and oxygen atoms in total. The van der Waals surface area contributed by atoms with Crippen molar-refractivity contribution >= 4 is 35.7 Å². The summed E-state index contributed by atoms with van der Waals surface area (Å²) in [5.41, 5.74) is 14.0. The van der Waals surface area contributed by atoms with E-state index in [1.807, 2.05) is 76.7 Å². The summed E-state index contributed by atoms with van der Waals surface area (Å²) in [5, 5.41) is 0. The number of hydrogen-bond acceptors (Lipinski definition) is 6. The van der Waals surface area contributed by atoms with Gasteiger partial charge >= 0.3 is 0 Å². The first kappa shape index (κ1) is 39.5. The summed E-state index contributed by atoms with van der Waals surface area (Å²) in [5.74, 6) is 2.67. The molecule has 0 aliphatic carbocycles. The van der Waals surface area contributed by atoms with Crippen LogP contribution in [0.1, 0.15) is 22.3 Å². The van der Waals surface area contributed by atoms with Crippen LogP contribution in [0.15, 0.2) is 191 Å². The summed E-state index contributed by atoms with van der Waals surface area (Å²) in [4.78, 5) is 14.3. The average Bonchev–Trinajstić information content (AvgIpc) is 3.98. The predicted octanol–water partition coefficient (Wildman–Crippen LogP) is 14.1. The number of aromatic nitrogens is 2. The molecule has 302 valence electrons. The largest absolute Gasteiger partial charge is 0.435 e. The zero-order chi connectivity index (χ0) is 42.4. The van der Waals surface area contributed by atoms with Crippen molar-refractivity contribution in [2.45, 2.75) is 0 Å². The second kappa shape index (κ2) is 17.7. The van der Waals surface area contributed by atoms with E-state index < -0.39 is 0 Å². The second-order valence-corrected chi connectivity index (χ2v) is 15.6. The van der Waals surface area contributed by atoms with E-state index in [9.17, 15) is 0 Å². The molecule has 0 aliphatic heterocycles. The van der Waals surface area contributed by atoms with E-state index in [1.165, 1.54) is 0 Å². The first-order valence-electron chi connectivity index (χ1n) is 20.7. The molecular weight excluding hydrogens is 761 g/mol. The fourth-order valence-electron chi connectivity index (χ4n) is 7.36. The minimum atomic E-state index is 0.581. The van der Waals surface area contributed by atoms with Crippen molar-refractivity contribution in [3.8, 4) is 68.1 Å². The van der Waals surface area contributed by atoms with Crippen LogP contribution in [0.2, 0.25) is 0 Å². The van der Waals surface area contributed by atoms with E-state index in [2.05, 4.69) is 168 Å². The molecule has 2 aromatic heterocycles. The summed E-state index contributed by atoms with van der Waals surface area (Å²) in [6, 6.07) is 62.2. The summed E-state index contributed by atoms with van der Waals surface area (Å²) in [6.45, 7) is 0. The van der Waals surface area contributed by atoms with Gasteiger partial charge in [0, 0.05) is 72.9 Å². The number of hydrogen-bond donors (Lipinski definition) is 0. The van der Waals surface area contributed by atoms with Crippen LogP contribution in [0.3, 0.4) is 0 Å². The molecule has 0 amide bonds. The molecule has 6 heteroatoms. The quantitative estimate of drug-likeness (QED) is 0.115. The Hall–Kier alpha value is -7.96. The highest BCUT2D eigenvalue weighted by Crippen LogP contribution is 2.39. The van der Waals surface area contributed by atoms with Crippen LogP contribution in [0, 0.1) is 0 Å². The highest BCUT2D eigenvalue weighted by atomic mass is 16.4. The maximum atomic E-state index is 6.60. The van der Waals surface area contributed by atoms with Gasteiger partial charge in [-0.15, -0.1) is 0 Å². The normalized spacial score (nSPS) is 11.4. The first-order chi connectivity index (χ1) is 30.4. The zero-order valence-corrected chi connectivity index (χ0v) is 35.2. The zero-order valence-electron chi connectivity index (χ0n) is 35.2. The molecule has 0 aliphatic rings. The van der Waals surface area contributed by atoms with Crippen LogP contribution in [-0.4, -0.2) is 38.2 Å². The second-order valence-electron chi connectivity index (χ2n) is 15.6. The molecule has 2 heterocycles. The molecule has 62 heavy (non-hydrogen) atoms. The van der Waals surface area contributed by atoms with E-state index in [0.29, 0.717) is 11.8 Å². The Morgan fingerprint density at radius 2 is 0.839 bits per heavy atom. The van der Waals surface area contributed by atoms with Crippen molar-refractivity contribution in [1.82, 2.24) is 9.97 Å². The van der Waals surface area contributed by atoms with E-state index in [0.717, 1.165) is 89.9 Å². The van der Waals surface area contributed by atoms with E-state index in [4.69, 9.17) is 18.8 Å². The van der Waals surface area contributed by atoms with Crippen molar-refractivity contribution in [3.05, 3.63) is 204 Å². The van der Waals surface area contributed by atoms with E-state index >= 15 is 0 Å². The Balaban J connectivity index is 0.917. The van der Waals surface area contributed by atoms with Crippen LogP contribution < -0.4 is 9.80 Å². The number of benzene rings is 7. The molecule has 0 unspecified atom stereocenters. The van der Waals surface area contributed by atoms with Crippen molar-refractivity contribution in [1.29, 1.82) is 0 Å². The smallest absolute Gasteiger partial charge is 0.227 e. The highest BCUT2D eigenvalue weighted by molar-refractivity contribution is 5.84. The van der Waals surface area contributed by atoms with Gasteiger partial charge in [0.15, 0.2) is 11.5 Å². The van der Waals surface area contributed by atoms with Crippen LogP contribution in [0.5, 0.6) is 0 Å². The molecule has 9 rings (SSSR count). The minimum absolute atomic E-state index is 0.581. The Morgan fingerprint density at radius 1 is 0.371 bits per heavy atom. The van der Waals surface area contributed by atoms with Gasteiger partial charge in [-0.2, -0.15) is 0 Å². The fraction of sp³-hybridized carbons (Fsp3) is 0.0714. The fourth-order valence-corrected chi connectivity index (χ4v) is 7.36. The van der Waals surface area contributed by atoms with Crippen molar-refractivity contribution in [3.63, 3.8) is 0 Å². The summed E-state index contributed by atoms with van der Waals surface area (Å²) >= 11 is 0. The van der Waals surface area contributed by atoms with Crippen molar-refractivity contribution in [2.24, 2.45) is 0 Å². The van der Waals surface area contributed by atoms with Crippen molar-refractivity contribution < 1.29 is 8.83 Å². The Labute approximate surface area is 363 Å². The summed E-state index contributed by atoms with van der Waals surface area (Å²) in [6.07, 6.45) is 8.51. The lowest BCUT2D eigenvalue weighted by molar-refractivity contribution is 0.588. The number of oxazole rings is 2. The number of nitrogens with zero attached hydrogens (tertiary/aromatic N) is 4. The Morgan fingerprint density at radius 3 is 1.44 bits per heavy atom. The van der Waals surface area contributed by atoms with Gasteiger partial charge in [-0.05, 0) is 64.7 Å². The van der Waals surface area contributed by atoms with Crippen LogP contribution >= 0.6 is 0 Å². The molecule has 0 saturated carbocycles. The third kappa shape index (κ3) is 8.67. The van der Waals surface area contributed by atoms with Gasteiger partial charge in [0.2, 0.25) is 11.8 Å².